The van der Waals surface area contributed by atoms with Gasteiger partial charge in [0.05, 0.1) is 43.9 Å². The predicted octanol–water partition coefficient (Wildman–Crippen LogP) is 11.8. The molecule has 0 spiro atoms. The molecule has 0 aliphatic carbocycles. The maximum atomic E-state index is 13.5. The van der Waals surface area contributed by atoms with Gasteiger partial charge in [-0.1, -0.05) is 218 Å². The van der Waals surface area contributed by atoms with Crippen LogP contribution in [-0.4, -0.2) is 28.7 Å². The minimum absolute atomic E-state index is 0. The number of nitrogens with zero attached hydrogens (tertiary/aromatic N) is 6. The Balaban J connectivity index is 0.000000124. The Kier molecular flexibility index (Phi) is 20.3. The molecule has 0 saturated heterocycles. The van der Waals surface area contributed by atoms with E-state index < -0.39 is 0 Å². The Morgan fingerprint density at radius 2 is 0.557 bits per heavy atom. The summed E-state index contributed by atoms with van der Waals surface area (Å²) in [5.41, 5.74) is 20.2. The van der Waals surface area contributed by atoms with Crippen molar-refractivity contribution in [3.63, 3.8) is 0 Å². The van der Waals surface area contributed by atoms with Gasteiger partial charge in [0.1, 0.15) is 17.5 Å². The normalized spacial score (nSPS) is 11.2. The molecule has 0 aliphatic rings. The zero-order valence-electron chi connectivity index (χ0n) is 63.2. The molecular weight excluding hydrogens is 1400 g/mol. The van der Waals surface area contributed by atoms with Crippen LogP contribution in [0.2, 0.25) is 0 Å². The summed E-state index contributed by atoms with van der Waals surface area (Å²) >= 11 is 0. The van der Waals surface area contributed by atoms with E-state index in [2.05, 4.69) is 241 Å². The van der Waals surface area contributed by atoms with Gasteiger partial charge in [-0.2, -0.15) is 0 Å². The molecule has 15 heteroatoms. The van der Waals surface area contributed by atoms with Crippen LogP contribution in [0.25, 0.3) is 194 Å². The predicted molar refractivity (Wildman–Crippen MR) is 446 cm³/mol. The van der Waals surface area contributed by atoms with Crippen LogP contribution in [0, 0.1) is 0 Å². The van der Waals surface area contributed by atoms with Crippen molar-refractivity contribution < 1.29 is 86.9 Å². The second-order valence-corrected chi connectivity index (χ2v) is 27.9. The van der Waals surface area contributed by atoms with Gasteiger partial charge in [0, 0.05) is 57.3 Å². The third kappa shape index (κ3) is 13.4. The molecule has 0 radical (unpaired) electrons. The van der Waals surface area contributed by atoms with Gasteiger partial charge < -0.3 is 15.3 Å². The number of aromatic amines is 3. The van der Waals surface area contributed by atoms with E-state index in [1.165, 1.54) is 0 Å². The quantitative estimate of drug-likeness (QED) is 0.103. The molecule has 12 nitrogen and oxygen atoms in total. The first kappa shape index (κ1) is 74.2. The van der Waals surface area contributed by atoms with Crippen molar-refractivity contribution in [2.75, 3.05) is 0 Å². The van der Waals surface area contributed by atoms with E-state index >= 15 is 0 Å². The Morgan fingerprint density at radius 1 is 0.226 bits per heavy atom. The van der Waals surface area contributed by atoms with E-state index in [0.29, 0.717) is 22.1 Å². The van der Waals surface area contributed by atoms with Crippen LogP contribution in [0.5, 0.6) is 17.2 Å². The molecule has 0 amide bonds. The van der Waals surface area contributed by atoms with Crippen molar-refractivity contribution in [3.05, 3.63) is 377 Å². The maximum absolute atomic E-state index is 13.5. The fraction of sp³-hybridized carbons (Fsp3) is 0. The summed E-state index contributed by atoms with van der Waals surface area (Å²) in [5, 5.41) is 49.9. The summed E-state index contributed by atoms with van der Waals surface area (Å²) in [6.07, 6.45) is 5.38. The Labute approximate surface area is 697 Å². The zero-order valence-corrected chi connectivity index (χ0v) is 63.2. The van der Waals surface area contributed by atoms with Crippen LogP contribution in [-0.2, 0) is 0 Å². The molecule has 0 saturated carbocycles. The van der Waals surface area contributed by atoms with Crippen molar-refractivity contribution in [1.82, 2.24) is 28.7 Å². The largest absolute Gasteiger partial charge is 1.00 e. The number of pyridine rings is 3. The van der Waals surface area contributed by atoms with E-state index in [1.807, 2.05) is 133 Å². The molecule has 22 aromatic rings. The first-order valence-corrected chi connectivity index (χ1v) is 37.3. The van der Waals surface area contributed by atoms with E-state index in [9.17, 15) is 15.3 Å². The number of aromatic nitrogens is 9. The van der Waals surface area contributed by atoms with Crippen LogP contribution in [0.15, 0.2) is 377 Å². The number of para-hydroxylation sites is 9. The van der Waals surface area contributed by atoms with Gasteiger partial charge in [-0.15, -0.1) is 0 Å². The third-order valence-electron chi connectivity index (χ3n) is 21.4. The molecule has 6 aromatic heterocycles. The molecule has 115 heavy (non-hydrogen) atoms. The number of rotatable bonds is 9. The number of H-pyrrole nitrogens is 3. The monoisotopic (exact) mass is 1460 g/mol. The second-order valence-electron chi connectivity index (χ2n) is 27.9. The maximum Gasteiger partial charge on any atom is 1.00 e. The van der Waals surface area contributed by atoms with Crippen LogP contribution in [0.3, 0.4) is 0 Å². The van der Waals surface area contributed by atoms with E-state index in [-0.39, 0.29) is 73.8 Å². The number of hydrogen-bond donors (Lipinski definition) is 0. The molecule has 16 aromatic carbocycles. The van der Waals surface area contributed by atoms with Crippen molar-refractivity contribution in [1.29, 1.82) is 0 Å². The molecule has 0 aliphatic heterocycles. The summed E-state index contributed by atoms with van der Waals surface area (Å²) < 4.78 is 6.68. The van der Waals surface area contributed by atoms with Gasteiger partial charge in [0.2, 0.25) is 16.6 Å². The zero-order chi connectivity index (χ0) is 74.8. The summed E-state index contributed by atoms with van der Waals surface area (Å²) in [6.45, 7) is 0. The Morgan fingerprint density at radius 3 is 1.02 bits per heavy atom. The molecule has 0 bridgehead atoms. The first-order chi connectivity index (χ1) is 55.3. The van der Waals surface area contributed by atoms with Crippen LogP contribution >= 0.6 is 0 Å². The Hall–Kier alpha value is -13.6. The first-order valence-electron chi connectivity index (χ1n) is 37.3. The number of benzene rings is 16. The number of imidazole rings is 3. The summed E-state index contributed by atoms with van der Waals surface area (Å²) in [5.74, 6) is 2.73. The van der Waals surface area contributed by atoms with Crippen LogP contribution < -0.4 is 86.9 Å². The average Bonchev–Trinajstić information content (AvgIpc) is 1.74. The summed E-state index contributed by atoms with van der Waals surface area (Å²) in [7, 11) is 0. The standard InChI is InChI=1S/2C36H23N3O.C28H19N3O.3Li/c40-35-28(19-18-23-11-8-20-37-34(23)35)27-14-6-9-24-22-31-25(21-30(24)27)10-7-15-29(31)36-38-32-16-4-5-17-33(32)39(36)26-12-2-1-3-13-26;40-34-19-18-27(28-15-8-20-37-35(28)34)26-13-6-9-23-22-31-24(21-30(23)26)10-7-14-29(31)36-38-32-16-4-5-17-33(32)39(36)25-11-2-1-3-12-25;32-26-17-16-22(23-9-6-18-29-27(23)26)19-12-14-20(15-13-19)28-30-24-10-4-5-11-25(24)31(28)21-7-2-1-3-8-21;;;/h2*1-22,40H;1-18,32H;;;/q;;;3*+1. The van der Waals surface area contributed by atoms with Gasteiger partial charge >= 0.3 is 56.6 Å². The smallest absolute Gasteiger partial charge is 0.868 e. The molecule has 0 unspecified atom stereocenters. The van der Waals surface area contributed by atoms with Gasteiger partial charge in [-0.05, 0) is 215 Å². The van der Waals surface area contributed by atoms with Crippen molar-refractivity contribution in [3.8, 4) is 102 Å². The SMILES string of the molecule is [Li+].[Li+].[Li+].[O-]c1c(-c2cccc3cc4c(-c5nc6ccccc6n5-c5ccccc5)cccc4cc23)ccc2ccc[nH+]c12.[O-]c1ccc(-c2ccc(-c3nc4ccccc4n3-c3ccccc3)cc2)c2ccc[nH+]c12.[O-]c1ccc(-c2cccc3cc4c(-c5nc6ccccc6n5-c5ccccc5)cccc4cc23)c2ccc[nH+]c12. The van der Waals surface area contributed by atoms with Crippen molar-refractivity contribution >= 4 is 109 Å². The van der Waals surface area contributed by atoms with Gasteiger partial charge in [0.25, 0.3) is 0 Å². The average molecular weight is 1460 g/mol. The minimum atomic E-state index is -0.00372. The fourth-order valence-corrected chi connectivity index (χ4v) is 16.2. The van der Waals surface area contributed by atoms with Gasteiger partial charge in [0.15, 0.2) is 18.6 Å². The van der Waals surface area contributed by atoms with Crippen molar-refractivity contribution in [2.24, 2.45) is 0 Å². The molecule has 3 N–H and O–H groups in total. The number of fused-ring (bicyclic) bond motifs is 10. The van der Waals surface area contributed by atoms with Crippen LogP contribution in [0.1, 0.15) is 0 Å². The summed E-state index contributed by atoms with van der Waals surface area (Å²) in [6, 6.07) is 121. The fourth-order valence-electron chi connectivity index (χ4n) is 16.2. The Bertz CT molecular complexity index is 7440. The number of hydrogen-bond acceptors (Lipinski definition) is 6. The molecule has 528 valence electrons. The molecule has 6 heterocycles. The van der Waals surface area contributed by atoms with E-state index in [0.717, 1.165) is 171 Å². The summed E-state index contributed by atoms with van der Waals surface area (Å²) in [4.78, 5) is 24.5. The van der Waals surface area contributed by atoms with E-state index in [1.54, 1.807) is 30.7 Å². The second kappa shape index (κ2) is 31.5. The third-order valence-corrected chi connectivity index (χ3v) is 21.4. The molecular formula is C100H65Li3N9O3+3. The molecule has 0 atom stereocenters. The van der Waals surface area contributed by atoms with Crippen LogP contribution in [0.4, 0.5) is 0 Å². The van der Waals surface area contributed by atoms with E-state index in [4.69, 9.17) is 15.0 Å². The van der Waals surface area contributed by atoms with Gasteiger partial charge in [-0.3, -0.25) is 13.7 Å². The minimum Gasteiger partial charge on any atom is -0.868 e. The van der Waals surface area contributed by atoms with Crippen molar-refractivity contribution in [2.45, 2.75) is 0 Å². The topological polar surface area (TPSA) is 165 Å². The van der Waals surface area contributed by atoms with Gasteiger partial charge in [-0.25, -0.2) is 29.9 Å². The molecule has 0 fully saturated rings. The number of nitrogens with one attached hydrogen (secondary N) is 3. The molecule has 22 rings (SSSR count).